The Morgan fingerprint density at radius 1 is 0.783 bits per heavy atom. The van der Waals surface area contributed by atoms with Gasteiger partial charge in [-0.3, -0.25) is 9.59 Å². The van der Waals surface area contributed by atoms with Gasteiger partial charge in [0.05, 0.1) is 21.3 Å². The summed E-state index contributed by atoms with van der Waals surface area (Å²) in [4.78, 5) is 34.8. The van der Waals surface area contributed by atoms with Crippen LogP contribution < -0.4 is 14.2 Å². The summed E-state index contributed by atoms with van der Waals surface area (Å²) in [7, 11) is 4.43. The molecule has 0 aliphatic rings. The molecule has 5 rings (SSSR count). The average Bonchev–Trinajstić information content (AvgIpc) is 3.50. The molecule has 0 unspecified atom stereocenters. The summed E-state index contributed by atoms with van der Waals surface area (Å²) in [6.45, 7) is 2.72. The van der Waals surface area contributed by atoms with Gasteiger partial charge in [0.25, 0.3) is 5.91 Å². The Hall–Kier alpha value is -5.31. The van der Waals surface area contributed by atoms with Crippen LogP contribution in [0, 0.1) is 12.7 Å². The van der Waals surface area contributed by atoms with E-state index in [0.29, 0.717) is 42.3 Å². The molecule has 0 aliphatic carbocycles. The molecule has 0 bridgehead atoms. The average molecular weight is 624 g/mol. The van der Waals surface area contributed by atoms with Gasteiger partial charge in [-0.05, 0) is 60.4 Å². The van der Waals surface area contributed by atoms with Gasteiger partial charge in [-0.15, -0.1) is 0 Å². The predicted molar refractivity (Wildman–Crippen MR) is 176 cm³/mol. The number of benzene rings is 4. The highest BCUT2D eigenvalue weighted by molar-refractivity contribution is 5.97. The molecule has 0 saturated carbocycles. The lowest BCUT2D eigenvalue weighted by Crippen LogP contribution is -2.43. The number of amides is 2. The molecule has 238 valence electrons. The number of aryl methyl sites for hydroxylation is 1. The van der Waals surface area contributed by atoms with E-state index in [2.05, 4.69) is 11.1 Å². The fourth-order valence-electron chi connectivity index (χ4n) is 5.46. The Morgan fingerprint density at radius 2 is 1.39 bits per heavy atom. The number of methoxy groups -OCH3 is 3. The van der Waals surface area contributed by atoms with Crippen LogP contribution in [-0.2, 0) is 24.3 Å². The zero-order valence-corrected chi connectivity index (χ0v) is 26.5. The number of hydrogen-bond donors (Lipinski definition) is 1. The number of H-pyrrole nitrogens is 1. The van der Waals surface area contributed by atoms with Crippen LogP contribution in [0.5, 0.6) is 17.2 Å². The van der Waals surface area contributed by atoms with Crippen LogP contribution in [-0.4, -0.2) is 61.0 Å². The molecule has 0 aliphatic heterocycles. The lowest BCUT2D eigenvalue weighted by molar-refractivity contribution is -0.132. The lowest BCUT2D eigenvalue weighted by atomic mass is 10.1. The molecule has 1 N–H and O–H groups in total. The van der Waals surface area contributed by atoms with Gasteiger partial charge in [-0.2, -0.15) is 0 Å². The van der Waals surface area contributed by atoms with Gasteiger partial charge in [-0.1, -0.05) is 60.2 Å². The van der Waals surface area contributed by atoms with E-state index >= 15 is 0 Å². The minimum absolute atomic E-state index is 0.0856. The summed E-state index contributed by atoms with van der Waals surface area (Å²) in [5.41, 5.74) is 5.19. The van der Waals surface area contributed by atoms with E-state index in [0.717, 1.165) is 27.6 Å². The SMILES string of the molecule is COc1cc(C(=O)N(CC(=O)N(CCc2c[nH]c3ccccc23)Cc2ccc(C)cc2)Cc2ccc(F)cc2)cc(OC)c1OC. The van der Waals surface area contributed by atoms with Gasteiger partial charge in [0.1, 0.15) is 12.4 Å². The van der Waals surface area contributed by atoms with E-state index in [1.807, 2.05) is 55.6 Å². The summed E-state index contributed by atoms with van der Waals surface area (Å²) >= 11 is 0. The Balaban J connectivity index is 1.45. The number of rotatable bonds is 13. The Labute approximate surface area is 268 Å². The molecule has 0 fully saturated rings. The first-order chi connectivity index (χ1) is 22.3. The Kier molecular flexibility index (Phi) is 10.2. The second kappa shape index (κ2) is 14.6. The second-order valence-corrected chi connectivity index (χ2v) is 11.1. The number of aromatic nitrogens is 1. The molecular formula is C37H38FN3O5. The number of hydrogen-bond acceptors (Lipinski definition) is 5. The largest absolute Gasteiger partial charge is 0.493 e. The number of nitrogens with zero attached hydrogens (tertiary/aromatic N) is 2. The fraction of sp³-hybridized carbons (Fsp3) is 0.243. The number of fused-ring (bicyclic) bond motifs is 1. The summed E-state index contributed by atoms with van der Waals surface area (Å²) in [5.74, 6) is -0.0312. The van der Waals surface area contributed by atoms with Gasteiger partial charge in [0.15, 0.2) is 11.5 Å². The number of aromatic amines is 1. The smallest absolute Gasteiger partial charge is 0.254 e. The summed E-state index contributed by atoms with van der Waals surface area (Å²) in [6.07, 6.45) is 2.61. The molecule has 46 heavy (non-hydrogen) atoms. The van der Waals surface area contributed by atoms with Crippen molar-refractivity contribution in [2.24, 2.45) is 0 Å². The van der Waals surface area contributed by atoms with E-state index in [1.165, 1.54) is 38.4 Å². The van der Waals surface area contributed by atoms with Crippen LogP contribution in [0.2, 0.25) is 0 Å². The van der Waals surface area contributed by atoms with Gasteiger partial charge in [0.2, 0.25) is 11.7 Å². The first-order valence-electron chi connectivity index (χ1n) is 15.0. The Morgan fingerprint density at radius 3 is 2.02 bits per heavy atom. The third kappa shape index (κ3) is 7.48. The van der Waals surface area contributed by atoms with E-state index in [1.54, 1.807) is 29.2 Å². The molecule has 4 aromatic carbocycles. The lowest BCUT2D eigenvalue weighted by Gasteiger charge is -2.28. The molecule has 0 radical (unpaired) electrons. The molecule has 0 saturated heterocycles. The predicted octanol–water partition coefficient (Wildman–Crippen LogP) is 6.56. The highest BCUT2D eigenvalue weighted by atomic mass is 19.1. The third-order valence-electron chi connectivity index (χ3n) is 7.98. The van der Waals surface area contributed by atoms with Crippen LogP contribution in [0.4, 0.5) is 4.39 Å². The van der Waals surface area contributed by atoms with Gasteiger partial charge in [-0.25, -0.2) is 4.39 Å². The summed E-state index contributed by atoms with van der Waals surface area (Å²) < 4.78 is 30.1. The van der Waals surface area contributed by atoms with E-state index < -0.39 is 5.91 Å². The maximum absolute atomic E-state index is 14.2. The van der Waals surface area contributed by atoms with Crippen molar-refractivity contribution in [3.05, 3.63) is 125 Å². The van der Waals surface area contributed by atoms with E-state index in [-0.39, 0.29) is 30.4 Å². The maximum atomic E-state index is 14.2. The van der Waals surface area contributed by atoms with Crippen molar-refractivity contribution < 1.29 is 28.2 Å². The summed E-state index contributed by atoms with van der Waals surface area (Å²) in [5, 5.41) is 1.11. The van der Waals surface area contributed by atoms with Gasteiger partial charge in [0, 0.05) is 42.3 Å². The number of carbonyl (C=O) groups is 2. The monoisotopic (exact) mass is 623 g/mol. The number of carbonyl (C=O) groups excluding carboxylic acids is 2. The molecule has 0 spiro atoms. The number of halogens is 1. The third-order valence-corrected chi connectivity index (χ3v) is 7.98. The topological polar surface area (TPSA) is 84.1 Å². The van der Waals surface area contributed by atoms with E-state index in [9.17, 15) is 14.0 Å². The molecule has 5 aromatic rings. The molecule has 0 atom stereocenters. The number of ether oxygens (including phenoxy) is 3. The molecule has 8 nitrogen and oxygen atoms in total. The fourth-order valence-corrected chi connectivity index (χ4v) is 5.46. The normalized spacial score (nSPS) is 10.9. The van der Waals surface area contributed by atoms with Gasteiger partial charge >= 0.3 is 0 Å². The van der Waals surface area contributed by atoms with Crippen LogP contribution in [0.1, 0.15) is 32.6 Å². The first kappa shape index (κ1) is 32.1. The first-order valence-corrected chi connectivity index (χ1v) is 15.0. The standard InChI is InChI=1S/C37H38FN3O5/c1-25-9-11-26(12-10-25)22-40(18-17-28-21-39-32-8-6-5-7-31(28)32)35(42)24-41(23-27-13-15-30(38)16-14-27)37(43)29-19-33(44-2)36(46-4)34(20-29)45-3/h5-16,19-21,39H,17-18,22-24H2,1-4H3. The molecule has 2 amide bonds. The molecule has 1 heterocycles. The van der Waals surface area contributed by atoms with Crippen molar-refractivity contribution in [2.45, 2.75) is 26.4 Å². The van der Waals surface area contributed by atoms with Crippen LogP contribution in [0.3, 0.4) is 0 Å². The van der Waals surface area contributed by atoms with Crippen molar-refractivity contribution in [1.29, 1.82) is 0 Å². The van der Waals surface area contributed by atoms with Crippen molar-refractivity contribution in [1.82, 2.24) is 14.8 Å². The maximum Gasteiger partial charge on any atom is 0.254 e. The highest BCUT2D eigenvalue weighted by Crippen LogP contribution is 2.38. The molecule has 1 aromatic heterocycles. The van der Waals surface area contributed by atoms with E-state index in [4.69, 9.17) is 14.2 Å². The minimum atomic E-state index is -0.413. The van der Waals surface area contributed by atoms with Crippen molar-refractivity contribution in [2.75, 3.05) is 34.4 Å². The van der Waals surface area contributed by atoms with Gasteiger partial charge < -0.3 is 29.0 Å². The van der Waals surface area contributed by atoms with Crippen molar-refractivity contribution in [3.63, 3.8) is 0 Å². The molecular weight excluding hydrogens is 585 g/mol. The minimum Gasteiger partial charge on any atom is -0.493 e. The number of para-hydroxylation sites is 1. The van der Waals surface area contributed by atoms with Crippen LogP contribution >= 0.6 is 0 Å². The Bertz CT molecular complexity index is 1780. The van der Waals surface area contributed by atoms with Crippen LogP contribution in [0.15, 0.2) is 91.1 Å². The zero-order chi connectivity index (χ0) is 32.6. The van der Waals surface area contributed by atoms with Crippen molar-refractivity contribution >= 4 is 22.7 Å². The zero-order valence-electron chi connectivity index (χ0n) is 26.5. The molecule has 9 heteroatoms. The van der Waals surface area contributed by atoms with Crippen molar-refractivity contribution in [3.8, 4) is 17.2 Å². The number of nitrogens with one attached hydrogen (secondary N) is 1. The quantitative estimate of drug-likeness (QED) is 0.161. The van der Waals surface area contributed by atoms with Crippen LogP contribution in [0.25, 0.3) is 10.9 Å². The second-order valence-electron chi connectivity index (χ2n) is 11.1. The highest BCUT2D eigenvalue weighted by Gasteiger charge is 2.26. The summed E-state index contributed by atoms with van der Waals surface area (Å²) in [6, 6.07) is 25.1.